The third-order valence-corrected chi connectivity index (χ3v) is 11.8. The fraction of sp³-hybridized carbons (Fsp3) is 0.848. The molecule has 0 heterocycles. The molecule has 214 valence electrons. The summed E-state index contributed by atoms with van der Waals surface area (Å²) in [6.07, 6.45) is 11.6. The Bertz CT molecular complexity index is 938. The highest BCUT2D eigenvalue weighted by molar-refractivity contribution is 5.83. The molecule has 4 aliphatic rings. The molecule has 5 nitrogen and oxygen atoms in total. The van der Waals surface area contributed by atoms with Crippen LogP contribution in [0.25, 0.3) is 0 Å². The summed E-state index contributed by atoms with van der Waals surface area (Å²) in [5, 5.41) is 0. The van der Waals surface area contributed by atoms with Crippen LogP contribution < -0.4 is 0 Å². The van der Waals surface area contributed by atoms with E-state index in [4.69, 9.17) is 9.47 Å². The number of allylic oxidation sites excluding steroid dienone is 2. The molecular weight excluding hydrogens is 476 g/mol. The molecule has 11 atom stereocenters. The van der Waals surface area contributed by atoms with Crippen molar-refractivity contribution in [3.63, 3.8) is 0 Å². The predicted molar refractivity (Wildman–Crippen MR) is 149 cm³/mol. The van der Waals surface area contributed by atoms with Gasteiger partial charge in [0.05, 0.1) is 0 Å². The predicted octanol–water partition coefficient (Wildman–Crippen LogP) is 7.17. The Morgan fingerprint density at radius 1 is 0.947 bits per heavy atom. The first-order valence-corrected chi connectivity index (χ1v) is 15.4. The molecule has 0 bridgehead atoms. The van der Waals surface area contributed by atoms with Crippen LogP contribution in [0, 0.1) is 58.2 Å². The van der Waals surface area contributed by atoms with Gasteiger partial charge in [-0.05, 0) is 97.2 Å². The van der Waals surface area contributed by atoms with E-state index in [9.17, 15) is 14.4 Å². The zero-order valence-corrected chi connectivity index (χ0v) is 25.1. The second kappa shape index (κ2) is 11.1. The van der Waals surface area contributed by atoms with Crippen molar-refractivity contribution in [3.8, 4) is 0 Å². The second-order valence-corrected chi connectivity index (χ2v) is 14.1. The van der Waals surface area contributed by atoms with Gasteiger partial charge in [-0.3, -0.25) is 14.4 Å². The average molecular weight is 529 g/mol. The molecule has 0 radical (unpaired) electrons. The standard InChI is InChI=1S/C33H52O5/c1-9-23(19(2)3)11-10-20(4)25-12-13-26-31-27(14-15-32(25,26)7)33(8)18-30(38-22(6)35)29(37-21(5)34)17-24(33)16-28(31)36/h10-11,19-20,23-27,29-31H,9,12-18H2,1-8H3/b11-10+/t20-,23-,24+,25-,26+,27+,29+,30-,31+,32-,33+/m1/s1. The molecule has 4 fully saturated rings. The van der Waals surface area contributed by atoms with Gasteiger partial charge < -0.3 is 9.47 Å². The molecule has 0 unspecified atom stereocenters. The molecule has 0 N–H and O–H groups in total. The highest BCUT2D eigenvalue weighted by Crippen LogP contribution is 2.67. The third kappa shape index (κ3) is 5.24. The van der Waals surface area contributed by atoms with Gasteiger partial charge in [0, 0.05) is 26.2 Å². The van der Waals surface area contributed by atoms with Gasteiger partial charge in [0.25, 0.3) is 0 Å². The molecule has 4 aliphatic carbocycles. The van der Waals surface area contributed by atoms with Crippen LogP contribution in [0.4, 0.5) is 0 Å². The molecule has 0 aromatic carbocycles. The summed E-state index contributed by atoms with van der Waals surface area (Å²) >= 11 is 0. The van der Waals surface area contributed by atoms with Crippen molar-refractivity contribution in [2.24, 2.45) is 58.2 Å². The zero-order chi connectivity index (χ0) is 28.0. The molecular formula is C33H52O5. The minimum atomic E-state index is -0.464. The number of Topliss-reactive ketones (excluding diaryl/α,β-unsaturated/α-hetero) is 1. The Hall–Kier alpha value is -1.65. The van der Waals surface area contributed by atoms with Crippen LogP contribution >= 0.6 is 0 Å². The monoisotopic (exact) mass is 528 g/mol. The first-order valence-electron chi connectivity index (χ1n) is 15.4. The number of fused-ring (bicyclic) bond motifs is 5. The molecule has 0 aromatic heterocycles. The number of carbonyl (C=O) groups is 3. The molecule has 0 aliphatic heterocycles. The molecule has 4 saturated carbocycles. The molecule has 0 saturated heterocycles. The van der Waals surface area contributed by atoms with Crippen LogP contribution in [0.15, 0.2) is 12.2 Å². The summed E-state index contributed by atoms with van der Waals surface area (Å²) in [5.74, 6) is 3.14. The summed E-state index contributed by atoms with van der Waals surface area (Å²) < 4.78 is 11.4. The van der Waals surface area contributed by atoms with Gasteiger partial charge >= 0.3 is 11.9 Å². The van der Waals surface area contributed by atoms with Crippen LogP contribution in [0.2, 0.25) is 0 Å². The Kier molecular flexibility index (Phi) is 8.56. The number of hydrogen-bond donors (Lipinski definition) is 0. The quantitative estimate of drug-likeness (QED) is 0.259. The van der Waals surface area contributed by atoms with Crippen LogP contribution in [0.3, 0.4) is 0 Å². The van der Waals surface area contributed by atoms with Crippen molar-refractivity contribution in [2.75, 3.05) is 0 Å². The van der Waals surface area contributed by atoms with E-state index in [1.807, 2.05) is 0 Å². The van der Waals surface area contributed by atoms with Gasteiger partial charge in [0.15, 0.2) is 0 Å². The smallest absolute Gasteiger partial charge is 0.303 e. The zero-order valence-electron chi connectivity index (χ0n) is 25.1. The summed E-state index contributed by atoms with van der Waals surface area (Å²) in [5.41, 5.74) is 0.0967. The number of ketones is 1. The molecule has 0 aromatic rings. The molecule has 5 heteroatoms. The summed E-state index contributed by atoms with van der Waals surface area (Å²) in [6, 6.07) is 0. The number of rotatable bonds is 7. The maximum absolute atomic E-state index is 13.9. The van der Waals surface area contributed by atoms with Crippen LogP contribution in [0.5, 0.6) is 0 Å². The normalized spacial score (nSPS) is 42.2. The van der Waals surface area contributed by atoms with Crippen molar-refractivity contribution < 1.29 is 23.9 Å². The van der Waals surface area contributed by atoms with Crippen molar-refractivity contribution in [1.82, 2.24) is 0 Å². The van der Waals surface area contributed by atoms with E-state index in [1.54, 1.807) is 0 Å². The maximum atomic E-state index is 13.9. The Morgan fingerprint density at radius 2 is 1.58 bits per heavy atom. The van der Waals surface area contributed by atoms with Crippen LogP contribution in [-0.4, -0.2) is 29.9 Å². The number of esters is 2. The largest absolute Gasteiger partial charge is 0.459 e. The molecule has 38 heavy (non-hydrogen) atoms. The van der Waals surface area contributed by atoms with Crippen LogP contribution in [-0.2, 0) is 23.9 Å². The summed E-state index contributed by atoms with van der Waals surface area (Å²) in [7, 11) is 0. The maximum Gasteiger partial charge on any atom is 0.303 e. The topological polar surface area (TPSA) is 69.7 Å². The van der Waals surface area contributed by atoms with Gasteiger partial charge in [-0.15, -0.1) is 0 Å². The fourth-order valence-electron chi connectivity index (χ4n) is 9.77. The van der Waals surface area contributed by atoms with E-state index in [1.165, 1.54) is 26.7 Å². The van der Waals surface area contributed by atoms with Crippen molar-refractivity contribution in [2.45, 2.75) is 119 Å². The van der Waals surface area contributed by atoms with Crippen LogP contribution in [0.1, 0.15) is 107 Å². The van der Waals surface area contributed by atoms with Crippen molar-refractivity contribution >= 4 is 17.7 Å². The van der Waals surface area contributed by atoms with E-state index in [0.717, 1.165) is 19.3 Å². The number of ether oxygens (including phenoxy) is 2. The minimum absolute atomic E-state index is 0.0914. The van der Waals surface area contributed by atoms with E-state index >= 15 is 0 Å². The van der Waals surface area contributed by atoms with Crippen molar-refractivity contribution in [3.05, 3.63) is 12.2 Å². The molecule has 0 amide bonds. The number of hydrogen-bond acceptors (Lipinski definition) is 5. The Balaban J connectivity index is 1.57. The third-order valence-electron chi connectivity index (χ3n) is 11.8. The minimum Gasteiger partial charge on any atom is -0.459 e. The lowest BCUT2D eigenvalue weighted by Crippen LogP contribution is -2.60. The van der Waals surface area contributed by atoms with E-state index < -0.39 is 12.2 Å². The first kappa shape index (κ1) is 29.3. The van der Waals surface area contributed by atoms with E-state index in [2.05, 4.69) is 53.7 Å². The summed E-state index contributed by atoms with van der Waals surface area (Å²) in [4.78, 5) is 37.7. The molecule has 0 spiro atoms. The lowest BCUT2D eigenvalue weighted by atomic mass is 9.44. The van der Waals surface area contributed by atoms with E-state index in [-0.39, 0.29) is 34.6 Å². The lowest BCUT2D eigenvalue weighted by Gasteiger charge is -2.61. The van der Waals surface area contributed by atoms with Gasteiger partial charge in [-0.2, -0.15) is 0 Å². The Labute approximate surface area is 230 Å². The SMILES string of the molecule is CC[C@H](/C=C/[C@@H](C)[C@H]1CC[C@H]2[C@@H]3C(=O)C[C@H]4C[C@H](OC(C)=O)[C@H](OC(C)=O)C[C@]4(C)[C@H]3CC[C@]12C)C(C)C. The summed E-state index contributed by atoms with van der Waals surface area (Å²) in [6.45, 7) is 16.9. The lowest BCUT2D eigenvalue weighted by molar-refractivity contribution is -0.195. The van der Waals surface area contributed by atoms with Gasteiger partial charge in [0.2, 0.25) is 0 Å². The second-order valence-electron chi connectivity index (χ2n) is 14.1. The first-order chi connectivity index (χ1) is 17.8. The van der Waals surface area contributed by atoms with Gasteiger partial charge in [-0.1, -0.05) is 53.7 Å². The van der Waals surface area contributed by atoms with Crippen molar-refractivity contribution in [1.29, 1.82) is 0 Å². The van der Waals surface area contributed by atoms with E-state index in [0.29, 0.717) is 60.6 Å². The number of carbonyl (C=O) groups excluding carboxylic acids is 3. The Morgan fingerprint density at radius 3 is 2.18 bits per heavy atom. The highest BCUT2D eigenvalue weighted by Gasteiger charge is 2.64. The average Bonchev–Trinajstić information content (AvgIpc) is 3.17. The highest BCUT2D eigenvalue weighted by atomic mass is 16.6. The fourth-order valence-corrected chi connectivity index (χ4v) is 9.77. The van der Waals surface area contributed by atoms with Gasteiger partial charge in [0.1, 0.15) is 18.0 Å². The van der Waals surface area contributed by atoms with Gasteiger partial charge in [-0.25, -0.2) is 0 Å². The molecule has 4 rings (SSSR count).